The molecular formula is C7H12INO. The van der Waals surface area contributed by atoms with Gasteiger partial charge in [-0.3, -0.25) is 0 Å². The van der Waals surface area contributed by atoms with Crippen LogP contribution in [0.1, 0.15) is 32.1 Å². The minimum Gasteiger partial charge on any atom is -0.222 e. The predicted molar refractivity (Wildman–Crippen MR) is 49.3 cm³/mol. The van der Waals surface area contributed by atoms with Crippen molar-refractivity contribution in [2.45, 2.75) is 36.0 Å². The number of rotatable bonds is 0. The van der Waals surface area contributed by atoms with Crippen molar-refractivity contribution in [3.63, 3.8) is 0 Å². The maximum atomic E-state index is 8.35. The summed E-state index contributed by atoms with van der Waals surface area (Å²) in [5, 5.41) is 5.40. The topological polar surface area (TPSA) is 40.9 Å². The third-order valence-corrected chi connectivity index (χ3v) is 2.78. The fraction of sp³-hybridized carbons (Fsp3) is 0.857. The van der Waals surface area contributed by atoms with Crippen molar-refractivity contribution in [3.05, 3.63) is 0 Å². The van der Waals surface area contributed by atoms with Gasteiger partial charge in [-0.15, -0.1) is 0 Å². The molecule has 0 bridgehead atoms. The Balaban J connectivity index is 0.000000236. The molecule has 1 aliphatic rings. The van der Waals surface area contributed by atoms with Gasteiger partial charge < -0.3 is 0 Å². The number of isocyanates is 1. The van der Waals surface area contributed by atoms with Gasteiger partial charge in [0.1, 0.15) is 0 Å². The molecule has 0 aromatic rings. The van der Waals surface area contributed by atoms with Crippen molar-refractivity contribution < 1.29 is 4.79 Å². The number of halogens is 1. The first-order valence-electron chi connectivity index (χ1n) is 3.49. The largest absolute Gasteiger partial charge is 0.231 e. The van der Waals surface area contributed by atoms with Gasteiger partial charge in [-0.2, -0.15) is 0 Å². The molecule has 0 heterocycles. The van der Waals surface area contributed by atoms with E-state index in [0.717, 1.165) is 10.0 Å². The van der Waals surface area contributed by atoms with Crippen molar-refractivity contribution in [3.8, 4) is 0 Å². The molecule has 1 N–H and O–H groups in total. The van der Waals surface area contributed by atoms with Crippen LogP contribution in [0, 0.1) is 5.41 Å². The number of hydrogen-bond acceptors (Lipinski definition) is 2. The van der Waals surface area contributed by atoms with Crippen LogP contribution in [0.4, 0.5) is 0 Å². The lowest BCUT2D eigenvalue weighted by molar-refractivity contribution is 0.528. The monoisotopic (exact) mass is 253 g/mol. The standard InChI is InChI=1S/C6H11I.CHNO/c7-6-4-2-1-3-5-6;2-1-3/h6H,1-5H2;2H. The van der Waals surface area contributed by atoms with Gasteiger partial charge in [-0.25, -0.2) is 10.2 Å². The lowest BCUT2D eigenvalue weighted by Gasteiger charge is -2.13. The second-order valence-electron chi connectivity index (χ2n) is 2.34. The first-order valence-corrected chi connectivity index (χ1v) is 4.73. The summed E-state index contributed by atoms with van der Waals surface area (Å²) in [5.74, 6) is 0. The van der Waals surface area contributed by atoms with Gasteiger partial charge >= 0.3 is 0 Å². The second kappa shape index (κ2) is 7.22. The Morgan fingerprint density at radius 3 is 1.90 bits per heavy atom. The van der Waals surface area contributed by atoms with E-state index in [1.54, 1.807) is 0 Å². The van der Waals surface area contributed by atoms with Gasteiger partial charge in [-0.05, 0) is 12.8 Å². The molecule has 3 heteroatoms. The minimum absolute atomic E-state index is 0.750. The van der Waals surface area contributed by atoms with E-state index in [4.69, 9.17) is 10.2 Å². The van der Waals surface area contributed by atoms with E-state index in [-0.39, 0.29) is 0 Å². The zero-order chi connectivity index (χ0) is 7.82. The van der Waals surface area contributed by atoms with Gasteiger partial charge in [0, 0.05) is 3.92 Å². The van der Waals surface area contributed by atoms with Crippen molar-refractivity contribution in [2.24, 2.45) is 0 Å². The first-order chi connectivity index (χ1) is 4.81. The molecule has 10 heavy (non-hydrogen) atoms. The van der Waals surface area contributed by atoms with Gasteiger partial charge in [0.15, 0.2) is 0 Å². The summed E-state index contributed by atoms with van der Waals surface area (Å²) in [6.45, 7) is 0. The molecule has 1 rings (SSSR count). The zero-order valence-electron chi connectivity index (χ0n) is 5.90. The number of alkyl halides is 1. The first kappa shape index (κ1) is 10.1. The third kappa shape index (κ3) is 6.23. The van der Waals surface area contributed by atoms with Gasteiger partial charge in [0.25, 0.3) is 0 Å². The quantitative estimate of drug-likeness (QED) is 0.306. The summed E-state index contributed by atoms with van der Waals surface area (Å²) in [4.78, 5) is 8.35. The number of hydrogen-bond donors (Lipinski definition) is 1. The summed E-state index contributed by atoms with van der Waals surface area (Å²) in [6, 6.07) is 0. The van der Waals surface area contributed by atoms with Gasteiger partial charge in [0.2, 0.25) is 6.08 Å². The lowest BCUT2D eigenvalue weighted by Crippen LogP contribution is -2.02. The molecule has 0 radical (unpaired) electrons. The van der Waals surface area contributed by atoms with E-state index in [9.17, 15) is 0 Å². The van der Waals surface area contributed by atoms with Crippen LogP contribution in [0.2, 0.25) is 0 Å². The fourth-order valence-corrected chi connectivity index (χ4v) is 1.93. The SMILES string of the molecule is IC1CCCCC1.N=C=O. The molecule has 1 saturated carbocycles. The third-order valence-electron chi connectivity index (χ3n) is 1.53. The number of nitrogens with one attached hydrogen (secondary N) is 1. The molecule has 0 amide bonds. The summed E-state index contributed by atoms with van der Waals surface area (Å²) in [5.41, 5.74) is 0. The maximum Gasteiger partial charge on any atom is 0.231 e. The average molecular weight is 253 g/mol. The van der Waals surface area contributed by atoms with Crippen LogP contribution in [-0.2, 0) is 4.79 Å². The van der Waals surface area contributed by atoms with Crippen LogP contribution in [0.3, 0.4) is 0 Å². The van der Waals surface area contributed by atoms with Crippen LogP contribution in [-0.4, -0.2) is 10.0 Å². The summed E-state index contributed by atoms with van der Waals surface area (Å²) in [7, 11) is 0. The maximum absolute atomic E-state index is 8.35. The Morgan fingerprint density at radius 1 is 1.30 bits per heavy atom. The Hall–Kier alpha value is 0.110. The van der Waals surface area contributed by atoms with E-state index in [1.165, 1.54) is 32.1 Å². The Bertz CT molecular complexity index is 104. The van der Waals surface area contributed by atoms with E-state index < -0.39 is 0 Å². The Morgan fingerprint density at radius 2 is 1.70 bits per heavy atom. The molecule has 0 saturated heterocycles. The Kier molecular flexibility index (Phi) is 7.30. The lowest BCUT2D eigenvalue weighted by atomic mass is 10.0. The summed E-state index contributed by atoms with van der Waals surface area (Å²) >= 11 is 2.56. The van der Waals surface area contributed by atoms with Crippen molar-refractivity contribution in [2.75, 3.05) is 0 Å². The van der Waals surface area contributed by atoms with Crippen LogP contribution in [0.25, 0.3) is 0 Å². The number of carbonyl (C=O) groups excluding carboxylic acids is 1. The molecule has 0 aliphatic heterocycles. The highest BCUT2D eigenvalue weighted by atomic mass is 127. The van der Waals surface area contributed by atoms with E-state index in [0.29, 0.717) is 0 Å². The van der Waals surface area contributed by atoms with Gasteiger partial charge in [0.05, 0.1) is 0 Å². The predicted octanol–water partition coefficient (Wildman–Crippen LogP) is 2.66. The average Bonchev–Trinajstić information content (AvgIpc) is 1.91. The molecule has 0 spiro atoms. The molecule has 0 unspecified atom stereocenters. The molecular weight excluding hydrogens is 241 g/mol. The molecule has 1 fully saturated rings. The van der Waals surface area contributed by atoms with Crippen molar-refractivity contribution in [1.29, 1.82) is 5.41 Å². The van der Waals surface area contributed by atoms with Crippen LogP contribution in [0.5, 0.6) is 0 Å². The molecule has 0 atom stereocenters. The van der Waals surface area contributed by atoms with Crippen LogP contribution >= 0.6 is 22.6 Å². The van der Waals surface area contributed by atoms with Crippen LogP contribution < -0.4 is 0 Å². The molecule has 0 aromatic carbocycles. The van der Waals surface area contributed by atoms with Crippen molar-refractivity contribution >= 4 is 28.7 Å². The van der Waals surface area contributed by atoms with E-state index >= 15 is 0 Å². The van der Waals surface area contributed by atoms with Crippen molar-refractivity contribution in [1.82, 2.24) is 0 Å². The second-order valence-corrected chi connectivity index (χ2v) is 4.10. The summed E-state index contributed by atoms with van der Waals surface area (Å²) < 4.78 is 1.01. The normalized spacial score (nSPS) is 18.5. The highest BCUT2D eigenvalue weighted by Crippen LogP contribution is 2.23. The molecule has 2 nitrogen and oxygen atoms in total. The molecule has 0 aromatic heterocycles. The van der Waals surface area contributed by atoms with E-state index in [1.807, 2.05) is 0 Å². The zero-order valence-corrected chi connectivity index (χ0v) is 8.06. The highest BCUT2D eigenvalue weighted by molar-refractivity contribution is 14.1. The van der Waals surface area contributed by atoms with Gasteiger partial charge in [-0.1, -0.05) is 41.9 Å². The molecule has 58 valence electrons. The highest BCUT2D eigenvalue weighted by Gasteiger charge is 2.07. The Labute approximate surface area is 75.0 Å². The van der Waals surface area contributed by atoms with E-state index in [2.05, 4.69) is 22.6 Å². The smallest absolute Gasteiger partial charge is 0.222 e. The fourth-order valence-electron chi connectivity index (χ4n) is 1.05. The summed E-state index contributed by atoms with van der Waals surface area (Å²) in [6.07, 6.45) is 8.14. The minimum atomic E-state index is 0.750. The van der Waals surface area contributed by atoms with Crippen LogP contribution in [0.15, 0.2) is 0 Å². The molecule has 1 aliphatic carbocycles.